The van der Waals surface area contributed by atoms with Crippen LogP contribution < -0.4 is 5.73 Å². The Kier molecular flexibility index (Phi) is 3.86. The zero-order valence-electron chi connectivity index (χ0n) is 9.19. The predicted octanol–water partition coefficient (Wildman–Crippen LogP) is 1.81. The van der Waals surface area contributed by atoms with Crippen LogP contribution in [-0.2, 0) is 15.1 Å². The zero-order chi connectivity index (χ0) is 11.3. The van der Waals surface area contributed by atoms with E-state index in [9.17, 15) is 4.79 Å². The summed E-state index contributed by atoms with van der Waals surface area (Å²) in [5, 5.41) is 0. The van der Waals surface area contributed by atoms with Crippen molar-refractivity contribution in [1.82, 2.24) is 0 Å². The van der Waals surface area contributed by atoms with E-state index in [1.807, 2.05) is 37.3 Å². The van der Waals surface area contributed by atoms with Gasteiger partial charge in [0.05, 0.1) is 6.61 Å². The summed E-state index contributed by atoms with van der Waals surface area (Å²) in [5.74, 6) is -0.362. The van der Waals surface area contributed by atoms with Gasteiger partial charge in [-0.2, -0.15) is 0 Å². The second-order valence-corrected chi connectivity index (χ2v) is 3.41. The third-order valence-electron chi connectivity index (χ3n) is 2.49. The number of benzene rings is 1. The molecule has 1 aromatic carbocycles. The lowest BCUT2D eigenvalue weighted by molar-refractivity contribution is -0.150. The van der Waals surface area contributed by atoms with Gasteiger partial charge in [-0.15, -0.1) is 0 Å². The Morgan fingerprint density at radius 1 is 1.33 bits per heavy atom. The van der Waals surface area contributed by atoms with E-state index in [1.54, 1.807) is 6.92 Å². The Bertz CT molecular complexity index is 324. The van der Waals surface area contributed by atoms with Gasteiger partial charge in [-0.3, -0.25) is 0 Å². The van der Waals surface area contributed by atoms with E-state index in [-0.39, 0.29) is 5.97 Å². The molecule has 0 fully saturated rings. The lowest BCUT2D eigenvalue weighted by Crippen LogP contribution is -2.45. The second kappa shape index (κ2) is 4.94. The molecular formula is C12H17NO2. The first-order valence-electron chi connectivity index (χ1n) is 5.16. The molecule has 0 saturated heterocycles. The molecule has 2 N–H and O–H groups in total. The molecule has 0 bridgehead atoms. The largest absolute Gasteiger partial charge is 0.464 e. The molecule has 0 aliphatic carbocycles. The molecule has 1 rings (SSSR count). The van der Waals surface area contributed by atoms with Crippen molar-refractivity contribution in [3.05, 3.63) is 35.9 Å². The molecule has 3 heteroatoms. The van der Waals surface area contributed by atoms with Crippen LogP contribution in [0.1, 0.15) is 25.8 Å². The summed E-state index contributed by atoms with van der Waals surface area (Å²) in [5.41, 5.74) is 5.85. The minimum Gasteiger partial charge on any atom is -0.464 e. The van der Waals surface area contributed by atoms with Gasteiger partial charge in [0, 0.05) is 0 Å². The molecule has 3 nitrogen and oxygen atoms in total. The van der Waals surface area contributed by atoms with Crippen LogP contribution in [0, 0.1) is 0 Å². The number of hydrogen-bond donors (Lipinski definition) is 1. The van der Waals surface area contributed by atoms with Crippen LogP contribution in [0.2, 0.25) is 0 Å². The van der Waals surface area contributed by atoms with Crippen LogP contribution in [0.25, 0.3) is 0 Å². The topological polar surface area (TPSA) is 52.3 Å². The fraction of sp³-hybridized carbons (Fsp3) is 0.417. The lowest BCUT2D eigenvalue weighted by Gasteiger charge is -2.25. The quantitative estimate of drug-likeness (QED) is 0.766. The van der Waals surface area contributed by atoms with Crippen molar-refractivity contribution in [3.8, 4) is 0 Å². The summed E-state index contributed by atoms with van der Waals surface area (Å²) in [4.78, 5) is 11.7. The number of ether oxygens (including phenoxy) is 1. The van der Waals surface area contributed by atoms with E-state index in [1.165, 1.54) is 0 Å². The van der Waals surface area contributed by atoms with E-state index >= 15 is 0 Å². The second-order valence-electron chi connectivity index (χ2n) is 3.41. The fourth-order valence-corrected chi connectivity index (χ4v) is 1.46. The maximum Gasteiger partial charge on any atom is 0.330 e. The SMILES string of the molecule is CCOC(=O)[C@](N)(CC)c1ccccc1. The highest BCUT2D eigenvalue weighted by atomic mass is 16.5. The third kappa shape index (κ3) is 2.36. The van der Waals surface area contributed by atoms with Gasteiger partial charge < -0.3 is 10.5 Å². The van der Waals surface area contributed by atoms with E-state index < -0.39 is 5.54 Å². The molecule has 15 heavy (non-hydrogen) atoms. The first-order valence-corrected chi connectivity index (χ1v) is 5.16. The van der Waals surface area contributed by atoms with Crippen LogP contribution in [0.4, 0.5) is 0 Å². The van der Waals surface area contributed by atoms with Crippen molar-refractivity contribution in [1.29, 1.82) is 0 Å². The van der Waals surface area contributed by atoms with E-state index in [0.717, 1.165) is 5.56 Å². The summed E-state index contributed by atoms with van der Waals surface area (Å²) in [6.45, 7) is 4.01. The van der Waals surface area contributed by atoms with Crippen LogP contribution >= 0.6 is 0 Å². The van der Waals surface area contributed by atoms with Crippen molar-refractivity contribution in [2.75, 3.05) is 6.61 Å². The Morgan fingerprint density at radius 2 is 1.93 bits per heavy atom. The number of hydrogen-bond acceptors (Lipinski definition) is 3. The molecule has 1 atom stereocenters. The molecule has 82 valence electrons. The fourth-order valence-electron chi connectivity index (χ4n) is 1.46. The number of carbonyl (C=O) groups is 1. The van der Waals surface area contributed by atoms with Crippen LogP contribution in [-0.4, -0.2) is 12.6 Å². The highest BCUT2D eigenvalue weighted by molar-refractivity contribution is 5.82. The van der Waals surface area contributed by atoms with Crippen molar-refractivity contribution < 1.29 is 9.53 Å². The molecule has 0 spiro atoms. The van der Waals surface area contributed by atoms with E-state index in [0.29, 0.717) is 13.0 Å². The highest BCUT2D eigenvalue weighted by Gasteiger charge is 2.35. The maximum atomic E-state index is 11.7. The molecule has 0 heterocycles. The maximum absolute atomic E-state index is 11.7. The first-order chi connectivity index (χ1) is 7.15. The summed E-state index contributed by atoms with van der Waals surface area (Å²) in [7, 11) is 0. The molecule has 0 aliphatic heterocycles. The molecule has 0 aromatic heterocycles. The molecule has 0 saturated carbocycles. The van der Waals surface area contributed by atoms with Gasteiger partial charge in [0.25, 0.3) is 0 Å². The van der Waals surface area contributed by atoms with Gasteiger partial charge in [-0.05, 0) is 18.9 Å². The highest BCUT2D eigenvalue weighted by Crippen LogP contribution is 2.23. The van der Waals surface area contributed by atoms with Gasteiger partial charge in [0.2, 0.25) is 0 Å². The standard InChI is InChI=1S/C12H17NO2/c1-3-12(13,11(14)15-4-2)10-8-6-5-7-9-10/h5-9H,3-4,13H2,1-2H3/t12-/m0/s1. The minimum atomic E-state index is -1.02. The van der Waals surface area contributed by atoms with Crippen molar-refractivity contribution in [3.63, 3.8) is 0 Å². The van der Waals surface area contributed by atoms with E-state index in [2.05, 4.69) is 0 Å². The minimum absolute atomic E-state index is 0.352. The smallest absolute Gasteiger partial charge is 0.330 e. The zero-order valence-corrected chi connectivity index (χ0v) is 9.19. The number of esters is 1. The molecule has 1 aromatic rings. The average molecular weight is 207 g/mol. The Hall–Kier alpha value is -1.35. The average Bonchev–Trinajstić information content (AvgIpc) is 2.29. The summed E-state index contributed by atoms with van der Waals surface area (Å²) in [6.07, 6.45) is 0.524. The molecule has 0 radical (unpaired) electrons. The Labute approximate surface area is 90.2 Å². The van der Waals surface area contributed by atoms with Gasteiger partial charge >= 0.3 is 5.97 Å². The number of nitrogens with two attached hydrogens (primary N) is 1. The van der Waals surface area contributed by atoms with Crippen molar-refractivity contribution in [2.24, 2.45) is 5.73 Å². The Balaban J connectivity index is 3.00. The lowest BCUT2D eigenvalue weighted by atomic mass is 9.88. The molecular weight excluding hydrogens is 190 g/mol. The van der Waals surface area contributed by atoms with Crippen LogP contribution in [0.15, 0.2) is 30.3 Å². The predicted molar refractivity (Wildman–Crippen MR) is 59.2 cm³/mol. The Morgan fingerprint density at radius 3 is 2.40 bits per heavy atom. The summed E-state index contributed by atoms with van der Waals surface area (Å²) in [6, 6.07) is 9.32. The van der Waals surface area contributed by atoms with Gasteiger partial charge in [-0.1, -0.05) is 37.3 Å². The van der Waals surface area contributed by atoms with Gasteiger partial charge in [0.1, 0.15) is 5.54 Å². The van der Waals surface area contributed by atoms with E-state index in [4.69, 9.17) is 10.5 Å². The van der Waals surface area contributed by atoms with Gasteiger partial charge in [-0.25, -0.2) is 4.79 Å². The van der Waals surface area contributed by atoms with Crippen LogP contribution in [0.3, 0.4) is 0 Å². The van der Waals surface area contributed by atoms with Crippen molar-refractivity contribution in [2.45, 2.75) is 25.8 Å². The third-order valence-corrected chi connectivity index (χ3v) is 2.49. The normalized spacial score (nSPS) is 14.3. The monoisotopic (exact) mass is 207 g/mol. The van der Waals surface area contributed by atoms with Crippen LogP contribution in [0.5, 0.6) is 0 Å². The number of carbonyl (C=O) groups excluding carboxylic acids is 1. The molecule has 0 unspecified atom stereocenters. The van der Waals surface area contributed by atoms with Gasteiger partial charge in [0.15, 0.2) is 0 Å². The number of rotatable bonds is 4. The summed E-state index contributed by atoms with van der Waals surface area (Å²) < 4.78 is 4.99. The molecule has 0 aliphatic rings. The summed E-state index contributed by atoms with van der Waals surface area (Å²) >= 11 is 0. The first kappa shape index (κ1) is 11.7. The van der Waals surface area contributed by atoms with Crippen molar-refractivity contribution >= 4 is 5.97 Å². The molecule has 0 amide bonds.